The lowest BCUT2D eigenvalue weighted by molar-refractivity contribution is -0.118. The smallest absolute Gasteiger partial charge is 0.248 e. The van der Waals surface area contributed by atoms with Gasteiger partial charge in [-0.1, -0.05) is 23.8 Å². The molecule has 0 saturated carbocycles. The normalized spacial score (nSPS) is 20.5. The van der Waals surface area contributed by atoms with Crippen molar-refractivity contribution in [1.82, 2.24) is 5.32 Å². The second kappa shape index (κ2) is 7.30. The fourth-order valence-corrected chi connectivity index (χ4v) is 2.89. The van der Waals surface area contributed by atoms with Gasteiger partial charge in [0.15, 0.2) is 0 Å². The third kappa shape index (κ3) is 4.12. The fourth-order valence-electron chi connectivity index (χ4n) is 2.89. The molecule has 3 rings (SSSR count). The average molecular weight is 336 g/mol. The molecule has 128 valence electrons. The van der Waals surface area contributed by atoms with Gasteiger partial charge in [0.1, 0.15) is 5.75 Å². The Bertz CT molecular complexity index is 814. The van der Waals surface area contributed by atoms with Crippen LogP contribution in [0.15, 0.2) is 64.8 Å². The van der Waals surface area contributed by atoms with Crippen molar-refractivity contribution >= 4 is 17.5 Å². The van der Waals surface area contributed by atoms with Gasteiger partial charge in [-0.05, 0) is 43.2 Å². The molecule has 0 aromatic heterocycles. The van der Waals surface area contributed by atoms with Crippen LogP contribution in [-0.4, -0.2) is 24.6 Å². The lowest BCUT2D eigenvalue weighted by Gasteiger charge is -2.25. The maximum atomic E-state index is 12.1. The molecule has 25 heavy (non-hydrogen) atoms. The van der Waals surface area contributed by atoms with E-state index in [1.807, 2.05) is 43.3 Å². The van der Waals surface area contributed by atoms with E-state index < -0.39 is 0 Å². The number of hydrogen-bond acceptors (Lipinski definition) is 3. The van der Waals surface area contributed by atoms with E-state index in [0.29, 0.717) is 18.6 Å². The number of nitrogens with zero attached hydrogens (tertiary/aromatic N) is 1. The van der Waals surface area contributed by atoms with Crippen LogP contribution in [0.5, 0.6) is 5.75 Å². The highest BCUT2D eigenvalue weighted by molar-refractivity contribution is 6.11. The maximum absolute atomic E-state index is 12.1. The summed E-state index contributed by atoms with van der Waals surface area (Å²) in [6.45, 7) is 1.92. The first-order valence-corrected chi connectivity index (χ1v) is 8.18. The van der Waals surface area contributed by atoms with Crippen molar-refractivity contribution in [2.75, 3.05) is 7.11 Å². The number of allylic oxidation sites excluding steroid dienone is 3. The zero-order valence-electron chi connectivity index (χ0n) is 14.3. The van der Waals surface area contributed by atoms with Gasteiger partial charge in [-0.15, -0.1) is 0 Å². The van der Waals surface area contributed by atoms with Crippen molar-refractivity contribution in [2.45, 2.75) is 19.8 Å². The highest BCUT2D eigenvalue weighted by atomic mass is 16.5. The lowest BCUT2D eigenvalue weighted by Crippen LogP contribution is -2.32. The van der Waals surface area contributed by atoms with Crippen LogP contribution < -0.4 is 10.1 Å². The third-order valence-corrected chi connectivity index (χ3v) is 4.26. The molecule has 1 aromatic carbocycles. The summed E-state index contributed by atoms with van der Waals surface area (Å²) in [5.74, 6) is 0.536. The lowest BCUT2D eigenvalue weighted by atomic mass is 9.89. The molecule has 5 heteroatoms. The van der Waals surface area contributed by atoms with Gasteiger partial charge < -0.3 is 10.1 Å². The van der Waals surface area contributed by atoms with Crippen LogP contribution >= 0.6 is 0 Å². The van der Waals surface area contributed by atoms with Gasteiger partial charge in [0.25, 0.3) is 0 Å². The van der Waals surface area contributed by atoms with Gasteiger partial charge in [-0.3, -0.25) is 9.59 Å². The average Bonchev–Trinajstić information content (AvgIpc) is 2.60. The Kier molecular flexibility index (Phi) is 4.93. The number of nitrogens with one attached hydrogen (secondary N) is 1. The number of benzene rings is 1. The van der Waals surface area contributed by atoms with Gasteiger partial charge in [0.2, 0.25) is 11.8 Å². The number of carbonyl (C=O) groups excluding carboxylic acids is 2. The number of carbonyl (C=O) groups is 2. The summed E-state index contributed by atoms with van der Waals surface area (Å²) in [4.78, 5) is 27.9. The number of aryl methyl sites for hydroxylation is 1. The SMILES string of the molecule is COc1ccc(CCC(=O)N=C2C=CC3C(C)=CC(=O)NC3=C2)cc1. The Morgan fingerprint density at radius 3 is 2.72 bits per heavy atom. The van der Waals surface area contributed by atoms with Gasteiger partial charge in [0, 0.05) is 24.1 Å². The predicted molar refractivity (Wildman–Crippen MR) is 96.4 cm³/mol. The van der Waals surface area contributed by atoms with Gasteiger partial charge in [-0.25, -0.2) is 4.99 Å². The molecule has 5 nitrogen and oxygen atoms in total. The number of methoxy groups -OCH3 is 1. The van der Waals surface area contributed by atoms with Crippen molar-refractivity contribution in [1.29, 1.82) is 0 Å². The molecular weight excluding hydrogens is 316 g/mol. The Morgan fingerprint density at radius 2 is 2.00 bits per heavy atom. The Balaban J connectivity index is 1.63. The molecule has 0 spiro atoms. The number of hydrogen-bond donors (Lipinski definition) is 1. The van der Waals surface area contributed by atoms with Crippen LogP contribution in [0.25, 0.3) is 0 Å². The van der Waals surface area contributed by atoms with E-state index in [9.17, 15) is 9.59 Å². The molecule has 0 saturated heterocycles. The van der Waals surface area contributed by atoms with Crippen molar-refractivity contribution in [2.24, 2.45) is 10.9 Å². The third-order valence-electron chi connectivity index (χ3n) is 4.26. The van der Waals surface area contributed by atoms with Crippen LogP contribution in [0.1, 0.15) is 18.9 Å². The van der Waals surface area contributed by atoms with Crippen molar-refractivity contribution < 1.29 is 14.3 Å². The van der Waals surface area contributed by atoms with E-state index in [-0.39, 0.29) is 17.7 Å². The first kappa shape index (κ1) is 16.9. The summed E-state index contributed by atoms with van der Waals surface area (Å²) in [6, 6.07) is 7.64. The number of ether oxygens (including phenoxy) is 1. The molecule has 1 aliphatic carbocycles. The Hall–Kier alpha value is -2.95. The molecule has 1 aromatic rings. The molecule has 2 amide bonds. The van der Waals surface area contributed by atoms with E-state index >= 15 is 0 Å². The first-order chi connectivity index (χ1) is 12.0. The Morgan fingerprint density at radius 1 is 1.24 bits per heavy atom. The van der Waals surface area contributed by atoms with Gasteiger partial charge >= 0.3 is 0 Å². The summed E-state index contributed by atoms with van der Waals surface area (Å²) in [7, 11) is 1.62. The number of fused-ring (bicyclic) bond motifs is 1. The monoisotopic (exact) mass is 336 g/mol. The van der Waals surface area contributed by atoms with Crippen LogP contribution in [-0.2, 0) is 16.0 Å². The molecular formula is C20H20N2O3. The molecule has 1 unspecified atom stereocenters. The summed E-state index contributed by atoms with van der Waals surface area (Å²) in [5, 5.41) is 2.81. The molecule has 2 aliphatic rings. The van der Waals surface area contributed by atoms with Crippen LogP contribution in [0.2, 0.25) is 0 Å². The van der Waals surface area contributed by atoms with Gasteiger partial charge in [0.05, 0.1) is 12.8 Å². The van der Waals surface area contributed by atoms with E-state index in [2.05, 4.69) is 10.3 Å². The maximum Gasteiger partial charge on any atom is 0.248 e. The number of aliphatic imine (C=N–C) groups is 1. The van der Waals surface area contributed by atoms with Crippen LogP contribution in [0.3, 0.4) is 0 Å². The molecule has 1 heterocycles. The fraction of sp³-hybridized carbons (Fsp3) is 0.250. The Labute approximate surface area is 146 Å². The van der Waals surface area contributed by atoms with E-state index in [1.54, 1.807) is 19.3 Å². The summed E-state index contributed by atoms with van der Waals surface area (Å²) in [5.41, 5.74) is 3.39. The van der Waals surface area contributed by atoms with Crippen molar-refractivity contribution in [3.8, 4) is 5.75 Å². The minimum absolute atomic E-state index is 0.0612. The quantitative estimate of drug-likeness (QED) is 0.919. The molecule has 1 N–H and O–H groups in total. The van der Waals surface area contributed by atoms with Crippen LogP contribution in [0.4, 0.5) is 0 Å². The molecule has 1 atom stereocenters. The molecule has 0 bridgehead atoms. The minimum atomic E-state index is -0.180. The van der Waals surface area contributed by atoms with E-state index in [1.165, 1.54) is 0 Å². The first-order valence-electron chi connectivity index (χ1n) is 8.18. The summed E-state index contributed by atoms with van der Waals surface area (Å²) in [6.07, 6.45) is 8.10. The summed E-state index contributed by atoms with van der Waals surface area (Å²) >= 11 is 0. The largest absolute Gasteiger partial charge is 0.497 e. The predicted octanol–water partition coefficient (Wildman–Crippen LogP) is 2.74. The highest BCUT2D eigenvalue weighted by Gasteiger charge is 2.23. The zero-order chi connectivity index (χ0) is 17.8. The van der Waals surface area contributed by atoms with Gasteiger partial charge in [-0.2, -0.15) is 0 Å². The second-order valence-corrected chi connectivity index (χ2v) is 6.09. The number of amides is 2. The summed E-state index contributed by atoms with van der Waals surface area (Å²) < 4.78 is 5.12. The highest BCUT2D eigenvalue weighted by Crippen LogP contribution is 2.26. The number of rotatable bonds is 4. The van der Waals surface area contributed by atoms with Crippen molar-refractivity contribution in [3.63, 3.8) is 0 Å². The molecule has 0 radical (unpaired) electrons. The standard InChI is InChI=1S/C20H20N2O3/c1-13-11-20(24)22-18-12-15(6-9-17(13)18)21-19(23)10-5-14-3-7-16(25-2)8-4-14/h3-4,6-9,11-12,17H,5,10H2,1-2H3,(H,22,24). The second-order valence-electron chi connectivity index (χ2n) is 6.09. The van der Waals surface area contributed by atoms with Crippen molar-refractivity contribution in [3.05, 3.63) is 65.4 Å². The van der Waals surface area contributed by atoms with E-state index in [0.717, 1.165) is 22.6 Å². The van der Waals surface area contributed by atoms with E-state index in [4.69, 9.17) is 4.74 Å². The van der Waals surface area contributed by atoms with Crippen LogP contribution in [0, 0.1) is 5.92 Å². The molecule has 1 aliphatic heterocycles. The minimum Gasteiger partial charge on any atom is -0.497 e. The molecule has 0 fully saturated rings. The topological polar surface area (TPSA) is 67.8 Å². The zero-order valence-corrected chi connectivity index (χ0v) is 14.3.